The van der Waals surface area contributed by atoms with E-state index in [0.717, 1.165) is 58.2 Å². The molecule has 0 bridgehead atoms. The van der Waals surface area contributed by atoms with Crippen molar-refractivity contribution < 1.29 is 23.7 Å². The second kappa shape index (κ2) is 34.3. The molecular weight excluding hydrogens is 683 g/mol. The van der Waals surface area contributed by atoms with Gasteiger partial charge in [0.2, 0.25) is 0 Å². The molecule has 6 heteroatoms. The summed E-state index contributed by atoms with van der Waals surface area (Å²) < 4.78 is 25.0. The van der Waals surface area contributed by atoms with E-state index in [-0.39, 0.29) is 30.9 Å². The van der Waals surface area contributed by atoms with Crippen LogP contribution in [0.3, 0.4) is 0 Å². The molecule has 0 N–H and O–H groups in total. The summed E-state index contributed by atoms with van der Waals surface area (Å²) in [4.78, 5) is 15.4. The molecule has 0 aromatic heterocycles. The minimum atomic E-state index is -0.417. The van der Waals surface area contributed by atoms with Crippen LogP contribution in [0.15, 0.2) is 48.6 Å². The van der Waals surface area contributed by atoms with Crippen LogP contribution < -0.4 is 0 Å². The summed E-state index contributed by atoms with van der Waals surface area (Å²) in [7, 11) is 2.12. The highest BCUT2D eigenvalue weighted by Crippen LogP contribution is 2.32. The Morgan fingerprint density at radius 3 is 1.55 bits per heavy atom. The van der Waals surface area contributed by atoms with E-state index in [1.165, 1.54) is 128 Å². The normalized spacial score (nSPS) is 20.6. The van der Waals surface area contributed by atoms with Gasteiger partial charge in [-0.05, 0) is 117 Å². The second-order valence-electron chi connectivity index (χ2n) is 16.7. The third-order valence-electron chi connectivity index (χ3n) is 11.5. The van der Waals surface area contributed by atoms with Gasteiger partial charge in [0.25, 0.3) is 0 Å². The summed E-state index contributed by atoms with van der Waals surface area (Å²) in [5.74, 6) is -0.0983. The predicted octanol–water partition coefficient (Wildman–Crippen LogP) is 13.1. The predicted molar refractivity (Wildman–Crippen MR) is 234 cm³/mol. The van der Waals surface area contributed by atoms with Crippen LogP contribution in [0.2, 0.25) is 0 Å². The van der Waals surface area contributed by atoms with Crippen LogP contribution in [0.4, 0.5) is 0 Å². The maximum atomic E-state index is 13.2. The number of allylic oxidation sites excluding steroid dienone is 8. The van der Waals surface area contributed by atoms with Crippen molar-refractivity contribution in [1.29, 1.82) is 0 Å². The van der Waals surface area contributed by atoms with E-state index in [9.17, 15) is 4.79 Å². The van der Waals surface area contributed by atoms with Crippen LogP contribution in [-0.2, 0) is 23.7 Å². The first kappa shape index (κ1) is 49.4. The van der Waals surface area contributed by atoms with Crippen molar-refractivity contribution in [1.82, 2.24) is 4.90 Å². The van der Waals surface area contributed by atoms with Crippen molar-refractivity contribution in [3.8, 4) is 0 Å². The van der Waals surface area contributed by atoms with Gasteiger partial charge in [-0.1, -0.05) is 140 Å². The molecule has 2 rings (SSSR count). The molecule has 2 heterocycles. The van der Waals surface area contributed by atoms with Crippen LogP contribution in [0.1, 0.15) is 188 Å². The highest BCUT2D eigenvalue weighted by Gasteiger charge is 2.42. The first-order valence-corrected chi connectivity index (χ1v) is 23.3. The molecule has 2 fully saturated rings. The minimum absolute atomic E-state index is 0.0983. The van der Waals surface area contributed by atoms with Crippen molar-refractivity contribution in [3.63, 3.8) is 0 Å². The summed E-state index contributed by atoms with van der Waals surface area (Å²) >= 11 is 0. The molecular formula is C49H87NO5. The molecule has 1 unspecified atom stereocenters. The van der Waals surface area contributed by atoms with Gasteiger partial charge < -0.3 is 23.8 Å². The second-order valence-corrected chi connectivity index (χ2v) is 16.7. The maximum absolute atomic E-state index is 13.2. The molecule has 0 spiro atoms. The van der Waals surface area contributed by atoms with Crippen molar-refractivity contribution in [2.24, 2.45) is 5.41 Å². The van der Waals surface area contributed by atoms with Crippen molar-refractivity contribution in [2.75, 3.05) is 46.6 Å². The average Bonchev–Trinajstić information content (AvgIpc) is 3.58. The number of unbranched alkanes of at least 4 members (excludes halogenated alkanes) is 18. The van der Waals surface area contributed by atoms with Gasteiger partial charge in [-0.15, -0.1) is 0 Å². The summed E-state index contributed by atoms with van der Waals surface area (Å²) in [6.07, 6.45) is 49.3. The number of nitrogens with zero attached hydrogens (tertiary/aromatic N) is 1. The Bertz CT molecular complexity index is 1010. The van der Waals surface area contributed by atoms with Gasteiger partial charge in [-0.2, -0.15) is 0 Å². The Labute approximate surface area is 340 Å². The molecule has 0 radical (unpaired) electrons. The van der Waals surface area contributed by atoms with Gasteiger partial charge in [0.05, 0.1) is 12.0 Å². The number of ether oxygens (including phenoxy) is 4. The molecule has 2 saturated heterocycles. The van der Waals surface area contributed by atoms with E-state index in [1.807, 2.05) is 0 Å². The van der Waals surface area contributed by atoms with E-state index in [1.54, 1.807) is 0 Å². The van der Waals surface area contributed by atoms with Gasteiger partial charge in [0.1, 0.15) is 24.9 Å². The minimum Gasteiger partial charge on any atom is -0.462 e. The van der Waals surface area contributed by atoms with Gasteiger partial charge in [0.15, 0.2) is 0 Å². The number of piperidine rings is 1. The topological polar surface area (TPSA) is 57.2 Å². The van der Waals surface area contributed by atoms with Crippen LogP contribution >= 0.6 is 0 Å². The van der Waals surface area contributed by atoms with Crippen LogP contribution in [0, 0.1) is 5.41 Å². The quantitative estimate of drug-likeness (QED) is 0.0363. The zero-order valence-electron chi connectivity index (χ0n) is 36.5. The van der Waals surface area contributed by atoms with E-state index >= 15 is 0 Å². The Morgan fingerprint density at radius 1 is 0.618 bits per heavy atom. The lowest BCUT2D eigenvalue weighted by Crippen LogP contribution is -2.43. The Balaban J connectivity index is 1.62. The molecule has 2 aliphatic heterocycles. The smallest absolute Gasteiger partial charge is 0.311 e. The molecule has 3 atom stereocenters. The lowest BCUT2D eigenvalue weighted by molar-refractivity contribution is -0.163. The molecule has 0 aromatic rings. The Kier molecular flexibility index (Phi) is 30.8. The van der Waals surface area contributed by atoms with Crippen LogP contribution in [-0.4, -0.2) is 75.7 Å². The molecule has 0 aromatic carbocycles. The fraction of sp³-hybridized carbons (Fsp3) is 0.816. The third kappa shape index (κ3) is 25.3. The number of hydrogen-bond acceptors (Lipinski definition) is 6. The number of hydrogen-bond donors (Lipinski definition) is 0. The lowest BCUT2D eigenvalue weighted by atomic mass is 9.80. The highest BCUT2D eigenvalue weighted by atomic mass is 16.6. The lowest BCUT2D eigenvalue weighted by Gasteiger charge is -2.36. The molecule has 2 aliphatic rings. The number of rotatable bonds is 35. The first-order valence-electron chi connectivity index (χ1n) is 23.3. The Morgan fingerprint density at radius 2 is 1.05 bits per heavy atom. The fourth-order valence-corrected chi connectivity index (χ4v) is 7.43. The van der Waals surface area contributed by atoms with Gasteiger partial charge in [0, 0.05) is 13.2 Å². The van der Waals surface area contributed by atoms with Crippen molar-refractivity contribution in [3.05, 3.63) is 48.6 Å². The van der Waals surface area contributed by atoms with Crippen LogP contribution in [0.5, 0.6) is 0 Å². The van der Waals surface area contributed by atoms with Crippen molar-refractivity contribution in [2.45, 2.75) is 206 Å². The molecule has 0 saturated carbocycles. The number of likely N-dealkylation sites (tertiary alicyclic amines) is 1. The monoisotopic (exact) mass is 770 g/mol. The van der Waals surface area contributed by atoms with E-state index in [2.05, 4.69) is 81.3 Å². The largest absolute Gasteiger partial charge is 0.462 e. The standard InChI is InChI=1S/C49H87NO5/c1-5-7-9-11-13-15-17-19-21-23-25-27-29-31-33-35-41-52-45-43-54-46(44-55-48(51)49(3)37-39-50(4)40-38-49)47(45)53-42-36-34-32-30-28-26-24-22-20-18-16-14-12-10-8-6-2/h13-16,19-22,45-47H,5-12,17-18,23-44H2,1-4H3/b15-13-,16-14-,21-19-,22-20-/t45-,46?,47+/m0/s1. The number of esters is 1. The van der Waals surface area contributed by atoms with Gasteiger partial charge in [-0.3, -0.25) is 4.79 Å². The van der Waals surface area contributed by atoms with E-state index < -0.39 is 5.41 Å². The van der Waals surface area contributed by atoms with Crippen molar-refractivity contribution >= 4 is 5.97 Å². The SMILES string of the molecule is CCCCC/C=C\C/C=C\CCCCCCCCO[C@H]1COC(COC(=O)C2(C)CCN(C)CC2)[C@@H]1OCCCCCCCC/C=C\C/C=C\CCCCC. The van der Waals surface area contributed by atoms with Crippen LogP contribution in [0.25, 0.3) is 0 Å². The summed E-state index contributed by atoms with van der Waals surface area (Å²) in [6.45, 7) is 10.6. The molecule has 318 valence electrons. The molecule has 0 amide bonds. The number of carbonyl (C=O) groups is 1. The summed E-state index contributed by atoms with van der Waals surface area (Å²) in [6, 6.07) is 0. The van der Waals surface area contributed by atoms with E-state index in [4.69, 9.17) is 18.9 Å². The molecule has 0 aliphatic carbocycles. The average molecular weight is 770 g/mol. The first-order chi connectivity index (χ1) is 27.0. The van der Waals surface area contributed by atoms with E-state index in [0.29, 0.717) is 13.2 Å². The fourth-order valence-electron chi connectivity index (χ4n) is 7.43. The van der Waals surface area contributed by atoms with Gasteiger partial charge >= 0.3 is 5.97 Å². The summed E-state index contributed by atoms with van der Waals surface area (Å²) in [5, 5.41) is 0. The van der Waals surface area contributed by atoms with Gasteiger partial charge in [-0.25, -0.2) is 0 Å². The third-order valence-corrected chi connectivity index (χ3v) is 11.5. The highest BCUT2D eigenvalue weighted by molar-refractivity contribution is 5.76. The molecule has 6 nitrogen and oxygen atoms in total. The zero-order chi connectivity index (χ0) is 39.5. The zero-order valence-corrected chi connectivity index (χ0v) is 36.5. The summed E-state index contributed by atoms with van der Waals surface area (Å²) in [5.41, 5.74) is -0.417. The number of carbonyl (C=O) groups excluding carboxylic acids is 1. The maximum Gasteiger partial charge on any atom is 0.311 e. The Hall–Kier alpha value is -1.73. The molecule has 55 heavy (non-hydrogen) atoms.